The third-order valence-corrected chi connectivity index (χ3v) is 1.65. The van der Waals surface area contributed by atoms with Gasteiger partial charge in [0.2, 0.25) is 0 Å². The molecule has 1 rings (SSSR count). The van der Waals surface area contributed by atoms with Crippen molar-refractivity contribution in [1.29, 1.82) is 0 Å². The van der Waals surface area contributed by atoms with Crippen molar-refractivity contribution in [2.24, 2.45) is 0 Å². The number of carboxylic acid groups (broad SMARTS) is 1. The lowest BCUT2D eigenvalue weighted by atomic mass is 10.1. The summed E-state index contributed by atoms with van der Waals surface area (Å²) >= 11 is 0. The van der Waals surface area contributed by atoms with Crippen molar-refractivity contribution in [3.05, 3.63) is 29.8 Å². The highest BCUT2D eigenvalue weighted by molar-refractivity contribution is 6.34. The number of aliphatic hydroxyl groups excluding tert-OH is 1. The number of carbonyl (C=O) groups is 2. The van der Waals surface area contributed by atoms with E-state index in [1.54, 1.807) is 0 Å². The maximum Gasteiger partial charge on any atom is 0.375 e. The van der Waals surface area contributed by atoms with Crippen LogP contribution in [0.1, 0.15) is 11.7 Å². The molecule has 0 radical (unpaired) electrons. The lowest BCUT2D eigenvalue weighted by Crippen LogP contribution is -2.21. The Bertz CT molecular complexity index is 371. The van der Waals surface area contributed by atoms with E-state index < -0.39 is 17.9 Å². The van der Waals surface area contributed by atoms with Crippen LogP contribution in [0.5, 0.6) is 5.75 Å². The summed E-state index contributed by atoms with van der Waals surface area (Å²) in [5, 5.41) is 26.6. The first-order chi connectivity index (χ1) is 6.52. The number of phenolic OH excluding ortho intramolecular Hbond substituents is 1. The Morgan fingerprint density at radius 3 is 2.43 bits per heavy atom. The molecule has 0 fully saturated rings. The van der Waals surface area contributed by atoms with Crippen LogP contribution in [0.3, 0.4) is 0 Å². The number of aliphatic hydroxyl groups is 1. The van der Waals surface area contributed by atoms with E-state index in [-0.39, 0.29) is 11.3 Å². The van der Waals surface area contributed by atoms with Gasteiger partial charge in [0.1, 0.15) is 11.9 Å². The molecule has 5 nitrogen and oxygen atoms in total. The van der Waals surface area contributed by atoms with Crippen LogP contribution >= 0.6 is 0 Å². The highest BCUT2D eigenvalue weighted by Crippen LogP contribution is 2.18. The second kappa shape index (κ2) is 3.89. The molecular weight excluding hydrogens is 188 g/mol. The Hall–Kier alpha value is -1.88. The van der Waals surface area contributed by atoms with Gasteiger partial charge in [0, 0.05) is 0 Å². The van der Waals surface area contributed by atoms with Crippen molar-refractivity contribution in [2.75, 3.05) is 0 Å². The zero-order valence-electron chi connectivity index (χ0n) is 7.04. The molecule has 0 spiro atoms. The molecule has 0 amide bonds. The van der Waals surface area contributed by atoms with Crippen LogP contribution in [0.2, 0.25) is 0 Å². The summed E-state index contributed by atoms with van der Waals surface area (Å²) in [5.74, 6) is -3.17. The first-order valence-electron chi connectivity index (χ1n) is 3.76. The number of hydrogen-bond acceptors (Lipinski definition) is 4. The summed E-state index contributed by atoms with van der Waals surface area (Å²) in [5.41, 5.74) is 0.0531. The largest absolute Gasteiger partial charge is 0.508 e. The van der Waals surface area contributed by atoms with Crippen molar-refractivity contribution in [2.45, 2.75) is 6.10 Å². The van der Waals surface area contributed by atoms with Crippen molar-refractivity contribution < 1.29 is 24.9 Å². The molecule has 1 aromatic carbocycles. The van der Waals surface area contributed by atoms with Crippen molar-refractivity contribution in [3.63, 3.8) is 0 Å². The van der Waals surface area contributed by atoms with E-state index in [1.807, 2.05) is 0 Å². The van der Waals surface area contributed by atoms with Crippen molar-refractivity contribution >= 4 is 11.8 Å². The van der Waals surface area contributed by atoms with Crippen molar-refractivity contribution in [3.8, 4) is 5.75 Å². The van der Waals surface area contributed by atoms with Crippen LogP contribution in [-0.2, 0) is 9.59 Å². The zero-order valence-corrected chi connectivity index (χ0v) is 7.04. The Balaban J connectivity index is 2.95. The van der Waals surface area contributed by atoms with E-state index >= 15 is 0 Å². The lowest BCUT2D eigenvalue weighted by molar-refractivity contribution is -0.153. The van der Waals surface area contributed by atoms with E-state index in [0.29, 0.717) is 0 Å². The summed E-state index contributed by atoms with van der Waals surface area (Å²) in [4.78, 5) is 21.1. The van der Waals surface area contributed by atoms with Gasteiger partial charge in [-0.1, -0.05) is 12.1 Å². The molecule has 74 valence electrons. The molecule has 1 aromatic rings. The molecule has 0 aliphatic heterocycles. The van der Waals surface area contributed by atoms with E-state index in [4.69, 9.17) is 10.2 Å². The summed E-state index contributed by atoms with van der Waals surface area (Å²) in [7, 11) is 0. The fourth-order valence-electron chi connectivity index (χ4n) is 0.963. The fourth-order valence-corrected chi connectivity index (χ4v) is 0.963. The van der Waals surface area contributed by atoms with Crippen LogP contribution in [0.15, 0.2) is 24.3 Å². The van der Waals surface area contributed by atoms with Gasteiger partial charge in [-0.05, 0) is 17.7 Å². The molecule has 5 heteroatoms. The molecule has 0 bridgehead atoms. The predicted molar refractivity (Wildman–Crippen MR) is 45.7 cm³/mol. The van der Waals surface area contributed by atoms with Gasteiger partial charge in [-0.2, -0.15) is 0 Å². The second-order valence-corrected chi connectivity index (χ2v) is 2.67. The van der Waals surface area contributed by atoms with E-state index in [2.05, 4.69) is 0 Å². The Morgan fingerprint density at radius 2 is 1.93 bits per heavy atom. The van der Waals surface area contributed by atoms with Gasteiger partial charge < -0.3 is 15.3 Å². The predicted octanol–water partition coefficient (Wildman–Crippen LogP) is 0.0793. The number of aliphatic carboxylic acids is 1. The fraction of sp³-hybridized carbons (Fsp3) is 0.111. The van der Waals surface area contributed by atoms with Gasteiger partial charge in [-0.3, -0.25) is 4.79 Å². The number of Topliss-reactive ketones (excluding diaryl/α,β-unsaturated/α-hetero) is 1. The summed E-state index contributed by atoms with van der Waals surface area (Å²) < 4.78 is 0. The molecule has 1 unspecified atom stereocenters. The van der Waals surface area contributed by atoms with Crippen LogP contribution in [0, 0.1) is 0 Å². The third kappa shape index (κ3) is 2.08. The molecule has 0 saturated carbocycles. The van der Waals surface area contributed by atoms with Gasteiger partial charge >= 0.3 is 5.97 Å². The topological polar surface area (TPSA) is 94.8 Å². The number of rotatable bonds is 3. The first-order valence-corrected chi connectivity index (χ1v) is 3.76. The molecule has 0 heterocycles. The minimum Gasteiger partial charge on any atom is -0.508 e. The highest BCUT2D eigenvalue weighted by atomic mass is 16.4. The molecular formula is C9H8O5. The Kier molecular flexibility index (Phi) is 2.83. The molecule has 0 saturated heterocycles. The van der Waals surface area contributed by atoms with Crippen molar-refractivity contribution in [1.82, 2.24) is 0 Å². The lowest BCUT2D eigenvalue weighted by Gasteiger charge is -2.06. The minimum atomic E-state index is -1.74. The Morgan fingerprint density at radius 1 is 1.29 bits per heavy atom. The normalized spacial score (nSPS) is 12.1. The number of benzene rings is 1. The number of carbonyl (C=O) groups excluding carboxylic acids is 1. The molecule has 0 aromatic heterocycles. The van der Waals surface area contributed by atoms with Gasteiger partial charge in [0.25, 0.3) is 5.78 Å². The first kappa shape index (κ1) is 10.2. The standard InChI is InChI=1S/C9H8O5/c10-6-3-1-2-5(4-6)7(11)8(12)9(13)14/h1-4,7,10-11H,(H,13,14). The summed E-state index contributed by atoms with van der Waals surface area (Å²) in [6, 6.07) is 5.24. The zero-order chi connectivity index (χ0) is 10.7. The van der Waals surface area contributed by atoms with E-state index in [0.717, 1.165) is 6.07 Å². The minimum absolute atomic E-state index is 0.0531. The summed E-state index contributed by atoms with van der Waals surface area (Å²) in [6.07, 6.45) is -1.74. The number of carboxylic acids is 1. The molecule has 14 heavy (non-hydrogen) atoms. The number of ketones is 1. The molecule has 3 N–H and O–H groups in total. The molecule has 1 atom stereocenters. The van der Waals surface area contributed by atoms with Crippen LogP contribution < -0.4 is 0 Å². The quantitative estimate of drug-likeness (QED) is 0.595. The van der Waals surface area contributed by atoms with Gasteiger partial charge in [-0.25, -0.2) is 4.79 Å². The van der Waals surface area contributed by atoms with Gasteiger partial charge in [0.15, 0.2) is 0 Å². The van der Waals surface area contributed by atoms with Crippen LogP contribution in [-0.4, -0.2) is 27.1 Å². The van der Waals surface area contributed by atoms with Gasteiger partial charge in [0.05, 0.1) is 0 Å². The van der Waals surface area contributed by atoms with E-state index in [9.17, 15) is 14.7 Å². The average Bonchev–Trinajstić information content (AvgIpc) is 2.15. The number of phenols is 1. The maximum absolute atomic E-state index is 10.8. The van der Waals surface area contributed by atoms with Gasteiger partial charge in [-0.15, -0.1) is 0 Å². The Labute approximate surface area is 79.2 Å². The van der Waals surface area contributed by atoms with Crippen LogP contribution in [0.4, 0.5) is 0 Å². The smallest absolute Gasteiger partial charge is 0.375 e. The molecule has 0 aliphatic carbocycles. The SMILES string of the molecule is O=C(O)C(=O)C(O)c1cccc(O)c1. The summed E-state index contributed by atoms with van der Waals surface area (Å²) in [6.45, 7) is 0. The third-order valence-electron chi connectivity index (χ3n) is 1.65. The highest BCUT2D eigenvalue weighted by Gasteiger charge is 2.23. The monoisotopic (exact) mass is 196 g/mol. The van der Waals surface area contributed by atoms with Crippen LogP contribution in [0.25, 0.3) is 0 Å². The maximum atomic E-state index is 10.8. The average molecular weight is 196 g/mol. The number of aromatic hydroxyl groups is 1. The molecule has 0 aliphatic rings. The van der Waals surface area contributed by atoms with E-state index in [1.165, 1.54) is 18.2 Å². The number of hydrogen-bond donors (Lipinski definition) is 3. The second-order valence-electron chi connectivity index (χ2n) is 2.67.